The molecular weight excluding hydrogens is 262 g/mol. The Morgan fingerprint density at radius 3 is 2.33 bits per heavy atom. The lowest BCUT2D eigenvalue weighted by molar-refractivity contribution is 0.192. The SMILES string of the molecule is CCc1nc(NC)c(C)c(N2CCN(C(C)CC)CC2)n1. The molecule has 1 aromatic heterocycles. The molecule has 0 saturated carbocycles. The Hall–Kier alpha value is -1.36. The van der Waals surface area contributed by atoms with Gasteiger partial charge in [-0.15, -0.1) is 0 Å². The number of anilines is 2. The predicted molar refractivity (Wildman–Crippen MR) is 89.2 cm³/mol. The zero-order valence-electron chi connectivity index (χ0n) is 14.1. The highest BCUT2D eigenvalue weighted by atomic mass is 15.3. The molecule has 1 unspecified atom stereocenters. The van der Waals surface area contributed by atoms with Gasteiger partial charge in [-0.25, -0.2) is 9.97 Å². The largest absolute Gasteiger partial charge is 0.373 e. The number of hydrogen-bond donors (Lipinski definition) is 1. The lowest BCUT2D eigenvalue weighted by Crippen LogP contribution is -2.50. The van der Waals surface area contributed by atoms with Crippen LogP contribution in [0, 0.1) is 6.92 Å². The topological polar surface area (TPSA) is 44.3 Å². The van der Waals surface area contributed by atoms with Crippen molar-refractivity contribution in [1.29, 1.82) is 0 Å². The number of rotatable bonds is 5. The summed E-state index contributed by atoms with van der Waals surface area (Å²) >= 11 is 0. The summed E-state index contributed by atoms with van der Waals surface area (Å²) in [6.45, 7) is 13.1. The molecule has 1 fully saturated rings. The Bertz CT molecular complexity index is 466. The first-order chi connectivity index (χ1) is 10.1. The predicted octanol–water partition coefficient (Wildman–Crippen LogP) is 2.31. The summed E-state index contributed by atoms with van der Waals surface area (Å²) in [4.78, 5) is 14.3. The normalized spacial score (nSPS) is 17.9. The average molecular weight is 291 g/mol. The number of piperazine rings is 1. The zero-order chi connectivity index (χ0) is 15.4. The second-order valence-corrected chi connectivity index (χ2v) is 5.82. The minimum atomic E-state index is 0.678. The van der Waals surface area contributed by atoms with E-state index in [0.717, 1.165) is 55.6 Å². The van der Waals surface area contributed by atoms with Crippen molar-refractivity contribution in [2.24, 2.45) is 0 Å². The van der Waals surface area contributed by atoms with E-state index in [9.17, 15) is 0 Å². The molecule has 1 aliphatic rings. The van der Waals surface area contributed by atoms with Gasteiger partial charge < -0.3 is 10.2 Å². The Kier molecular flexibility index (Phi) is 5.39. The lowest BCUT2D eigenvalue weighted by Gasteiger charge is -2.39. The summed E-state index contributed by atoms with van der Waals surface area (Å²) in [5.41, 5.74) is 1.16. The molecule has 0 amide bonds. The van der Waals surface area contributed by atoms with Crippen LogP contribution in [0.15, 0.2) is 0 Å². The van der Waals surface area contributed by atoms with E-state index in [1.807, 2.05) is 7.05 Å². The zero-order valence-corrected chi connectivity index (χ0v) is 14.1. The molecule has 21 heavy (non-hydrogen) atoms. The van der Waals surface area contributed by atoms with Gasteiger partial charge in [0.05, 0.1) is 0 Å². The van der Waals surface area contributed by atoms with E-state index in [0.29, 0.717) is 6.04 Å². The monoisotopic (exact) mass is 291 g/mol. The number of aromatic nitrogens is 2. The van der Waals surface area contributed by atoms with Crippen molar-refractivity contribution in [2.45, 2.75) is 46.6 Å². The fraction of sp³-hybridized carbons (Fsp3) is 0.750. The van der Waals surface area contributed by atoms with E-state index in [1.54, 1.807) is 0 Å². The maximum atomic E-state index is 4.77. The number of nitrogens with zero attached hydrogens (tertiary/aromatic N) is 4. The molecule has 2 heterocycles. The summed E-state index contributed by atoms with van der Waals surface area (Å²) in [6.07, 6.45) is 2.09. The summed E-state index contributed by atoms with van der Waals surface area (Å²) < 4.78 is 0. The van der Waals surface area contributed by atoms with E-state index in [2.05, 4.69) is 47.8 Å². The fourth-order valence-electron chi connectivity index (χ4n) is 2.89. The molecule has 1 saturated heterocycles. The lowest BCUT2D eigenvalue weighted by atomic mass is 10.1. The van der Waals surface area contributed by atoms with Gasteiger partial charge in [0.15, 0.2) is 0 Å². The molecule has 2 rings (SSSR count). The number of aryl methyl sites for hydroxylation is 1. The van der Waals surface area contributed by atoms with Gasteiger partial charge >= 0.3 is 0 Å². The van der Waals surface area contributed by atoms with Crippen LogP contribution in [0.3, 0.4) is 0 Å². The first-order valence-electron chi connectivity index (χ1n) is 8.14. The van der Waals surface area contributed by atoms with E-state index in [-0.39, 0.29) is 0 Å². The summed E-state index contributed by atoms with van der Waals surface area (Å²) in [7, 11) is 1.93. The van der Waals surface area contributed by atoms with Crippen molar-refractivity contribution in [3.05, 3.63) is 11.4 Å². The molecule has 1 aromatic rings. The highest BCUT2D eigenvalue weighted by molar-refractivity contribution is 5.58. The Balaban J connectivity index is 2.16. The third-order valence-electron chi connectivity index (χ3n) is 4.55. The quantitative estimate of drug-likeness (QED) is 0.902. The molecular formula is C16H29N5. The van der Waals surface area contributed by atoms with Crippen molar-refractivity contribution < 1.29 is 0 Å². The molecule has 0 bridgehead atoms. The van der Waals surface area contributed by atoms with Crippen molar-refractivity contribution in [3.63, 3.8) is 0 Å². The van der Waals surface area contributed by atoms with Gasteiger partial charge in [0.2, 0.25) is 0 Å². The first kappa shape index (κ1) is 16.0. The molecule has 0 aliphatic carbocycles. The summed E-state index contributed by atoms with van der Waals surface area (Å²) in [5, 5.41) is 3.20. The average Bonchev–Trinajstić information content (AvgIpc) is 2.54. The maximum absolute atomic E-state index is 4.77. The second kappa shape index (κ2) is 7.07. The molecule has 0 radical (unpaired) electrons. The maximum Gasteiger partial charge on any atom is 0.137 e. The number of nitrogens with one attached hydrogen (secondary N) is 1. The molecule has 118 valence electrons. The molecule has 5 nitrogen and oxygen atoms in total. The van der Waals surface area contributed by atoms with Crippen LogP contribution in [-0.4, -0.2) is 54.1 Å². The smallest absolute Gasteiger partial charge is 0.137 e. The molecule has 1 N–H and O–H groups in total. The van der Waals surface area contributed by atoms with Crippen LogP contribution in [0.1, 0.15) is 38.6 Å². The van der Waals surface area contributed by atoms with E-state index in [1.165, 1.54) is 6.42 Å². The van der Waals surface area contributed by atoms with Gasteiger partial charge in [0.25, 0.3) is 0 Å². The molecule has 1 aliphatic heterocycles. The van der Waals surface area contributed by atoms with E-state index < -0.39 is 0 Å². The second-order valence-electron chi connectivity index (χ2n) is 5.82. The van der Waals surface area contributed by atoms with Crippen LogP contribution in [0.5, 0.6) is 0 Å². The van der Waals surface area contributed by atoms with Crippen molar-refractivity contribution >= 4 is 11.6 Å². The Morgan fingerprint density at radius 1 is 1.14 bits per heavy atom. The van der Waals surface area contributed by atoms with Gasteiger partial charge in [-0.3, -0.25) is 4.90 Å². The Labute approximate surface area is 128 Å². The molecule has 5 heteroatoms. The molecule has 0 spiro atoms. The van der Waals surface area contributed by atoms with Crippen LogP contribution in [0.4, 0.5) is 11.6 Å². The van der Waals surface area contributed by atoms with Crippen molar-refractivity contribution in [2.75, 3.05) is 43.4 Å². The number of hydrogen-bond acceptors (Lipinski definition) is 5. The van der Waals surface area contributed by atoms with E-state index in [4.69, 9.17) is 4.98 Å². The standard InChI is InChI=1S/C16H29N5/c1-6-12(3)20-8-10-21(11-9-20)16-13(4)15(17-5)18-14(7-2)19-16/h12H,6-11H2,1-5H3,(H,17,18,19). The third kappa shape index (κ3) is 3.46. The Morgan fingerprint density at radius 2 is 1.81 bits per heavy atom. The van der Waals surface area contributed by atoms with Crippen LogP contribution in [0.25, 0.3) is 0 Å². The van der Waals surface area contributed by atoms with Crippen LogP contribution in [-0.2, 0) is 6.42 Å². The summed E-state index contributed by atoms with van der Waals surface area (Å²) in [6, 6.07) is 0.678. The highest BCUT2D eigenvalue weighted by Gasteiger charge is 2.23. The van der Waals surface area contributed by atoms with Crippen molar-refractivity contribution in [1.82, 2.24) is 14.9 Å². The first-order valence-corrected chi connectivity index (χ1v) is 8.14. The van der Waals surface area contributed by atoms with Gasteiger partial charge in [-0.05, 0) is 20.3 Å². The van der Waals surface area contributed by atoms with Gasteiger partial charge in [-0.1, -0.05) is 13.8 Å². The van der Waals surface area contributed by atoms with E-state index >= 15 is 0 Å². The highest BCUT2D eigenvalue weighted by Crippen LogP contribution is 2.25. The van der Waals surface area contributed by atoms with Gasteiger partial charge in [0.1, 0.15) is 17.5 Å². The van der Waals surface area contributed by atoms with Crippen LogP contribution in [0.2, 0.25) is 0 Å². The third-order valence-corrected chi connectivity index (χ3v) is 4.55. The minimum Gasteiger partial charge on any atom is -0.373 e. The summed E-state index contributed by atoms with van der Waals surface area (Å²) in [5.74, 6) is 2.99. The fourth-order valence-corrected chi connectivity index (χ4v) is 2.89. The molecule has 0 aromatic carbocycles. The van der Waals surface area contributed by atoms with Crippen molar-refractivity contribution in [3.8, 4) is 0 Å². The minimum absolute atomic E-state index is 0.678. The molecule has 1 atom stereocenters. The van der Waals surface area contributed by atoms with Gasteiger partial charge in [-0.2, -0.15) is 0 Å². The van der Waals surface area contributed by atoms with Crippen LogP contribution < -0.4 is 10.2 Å². The van der Waals surface area contributed by atoms with Gasteiger partial charge in [0, 0.05) is 51.3 Å². The van der Waals surface area contributed by atoms with Crippen LogP contribution >= 0.6 is 0 Å².